The molecule has 1 aliphatic carbocycles. The number of ether oxygens (including phenoxy) is 1. The summed E-state index contributed by atoms with van der Waals surface area (Å²) in [6.07, 6.45) is 5.07. The van der Waals surface area contributed by atoms with Crippen LogP contribution in [0.1, 0.15) is 51.0 Å². The predicted octanol–water partition coefficient (Wildman–Crippen LogP) is 3.09. The molecular formula is C17H27NO3. The molecule has 1 aromatic rings. The van der Waals surface area contributed by atoms with Crippen LogP contribution in [0.15, 0.2) is 18.2 Å². The van der Waals surface area contributed by atoms with Crippen LogP contribution >= 0.6 is 0 Å². The van der Waals surface area contributed by atoms with Gasteiger partial charge < -0.3 is 14.9 Å². The number of nitrogens with two attached hydrogens (primary N) is 1. The summed E-state index contributed by atoms with van der Waals surface area (Å²) in [6, 6.07) is 5.26. The van der Waals surface area contributed by atoms with Gasteiger partial charge in [0.1, 0.15) is 6.10 Å². The Morgan fingerprint density at radius 1 is 1.29 bits per heavy atom. The van der Waals surface area contributed by atoms with E-state index in [9.17, 15) is 10.2 Å². The number of aryl methyl sites for hydroxylation is 1. The highest BCUT2D eigenvalue weighted by atomic mass is 16.5. The van der Waals surface area contributed by atoms with E-state index in [1.807, 2.05) is 0 Å². The Balaban J connectivity index is 1.96. The summed E-state index contributed by atoms with van der Waals surface area (Å²) in [5, 5.41) is 20.3. The summed E-state index contributed by atoms with van der Waals surface area (Å²) in [7, 11) is 0. The van der Waals surface area contributed by atoms with Crippen LogP contribution in [0.4, 0.5) is 0 Å². The molecule has 1 aliphatic rings. The maximum Gasteiger partial charge on any atom is 0.174 e. The first kappa shape index (κ1) is 16.1. The minimum absolute atomic E-state index is 0.0871. The van der Waals surface area contributed by atoms with E-state index in [1.165, 1.54) is 19.3 Å². The summed E-state index contributed by atoms with van der Waals surface area (Å²) in [5.74, 6) is 0.416. The predicted molar refractivity (Wildman–Crippen MR) is 83.3 cm³/mol. The van der Waals surface area contributed by atoms with Crippen molar-refractivity contribution in [2.24, 2.45) is 11.1 Å². The van der Waals surface area contributed by atoms with Gasteiger partial charge in [-0.25, -0.2) is 0 Å². The molecule has 1 aromatic carbocycles. The van der Waals surface area contributed by atoms with Gasteiger partial charge in [-0.2, -0.15) is 0 Å². The number of benzene rings is 1. The lowest BCUT2D eigenvalue weighted by molar-refractivity contribution is -0.00180. The fraction of sp³-hybridized carbons (Fsp3) is 0.647. The van der Waals surface area contributed by atoms with Gasteiger partial charge in [-0.1, -0.05) is 38.3 Å². The number of phenolic OH excluding ortho intramolecular Hbond substituents is 1. The van der Waals surface area contributed by atoms with Crippen molar-refractivity contribution < 1.29 is 14.9 Å². The quantitative estimate of drug-likeness (QED) is 0.729. The van der Waals surface area contributed by atoms with E-state index < -0.39 is 12.3 Å². The maximum absolute atomic E-state index is 10.3. The van der Waals surface area contributed by atoms with Crippen molar-refractivity contribution in [3.05, 3.63) is 23.8 Å². The third-order valence-corrected chi connectivity index (χ3v) is 4.61. The van der Waals surface area contributed by atoms with Crippen LogP contribution in [-0.2, 0) is 0 Å². The van der Waals surface area contributed by atoms with Crippen molar-refractivity contribution in [1.29, 1.82) is 0 Å². The van der Waals surface area contributed by atoms with Gasteiger partial charge >= 0.3 is 0 Å². The molecule has 0 spiro atoms. The van der Waals surface area contributed by atoms with Gasteiger partial charge in [0.05, 0.1) is 0 Å². The van der Waals surface area contributed by atoms with Crippen molar-refractivity contribution >= 4 is 0 Å². The summed E-state index contributed by atoms with van der Waals surface area (Å²) in [6.45, 7) is 4.01. The summed E-state index contributed by atoms with van der Waals surface area (Å²) >= 11 is 0. The van der Waals surface area contributed by atoms with E-state index in [0.29, 0.717) is 12.2 Å². The van der Waals surface area contributed by atoms with Gasteiger partial charge in [-0.05, 0) is 43.2 Å². The Kier molecular flexibility index (Phi) is 5.12. The fourth-order valence-corrected chi connectivity index (χ4v) is 3.18. The molecule has 0 radical (unpaired) electrons. The number of hydrogen-bond acceptors (Lipinski definition) is 4. The van der Waals surface area contributed by atoms with E-state index in [1.54, 1.807) is 25.1 Å². The van der Waals surface area contributed by atoms with Gasteiger partial charge in [-0.3, -0.25) is 5.73 Å². The summed E-state index contributed by atoms with van der Waals surface area (Å²) < 4.78 is 5.55. The Labute approximate surface area is 126 Å². The lowest BCUT2D eigenvalue weighted by Crippen LogP contribution is -2.43. The standard InChI is InChI=1S/C17H27NO3/c1-12-7-6-8-14(15(12)20)21-16(18)13(19)11-17(2)9-4-3-5-10-17/h6-8,13,16,19-20H,3-5,9-11,18H2,1-2H3. The van der Waals surface area contributed by atoms with Crippen molar-refractivity contribution in [2.75, 3.05) is 0 Å². The number of aliphatic hydroxyl groups is 1. The number of aliphatic hydroxyl groups excluding tert-OH is 1. The number of rotatable bonds is 5. The highest BCUT2D eigenvalue weighted by molar-refractivity contribution is 5.44. The van der Waals surface area contributed by atoms with E-state index in [2.05, 4.69) is 6.92 Å². The van der Waals surface area contributed by atoms with Crippen molar-refractivity contribution in [3.8, 4) is 11.5 Å². The van der Waals surface area contributed by atoms with Crippen LogP contribution in [0, 0.1) is 12.3 Å². The largest absolute Gasteiger partial charge is 0.504 e. The van der Waals surface area contributed by atoms with Gasteiger partial charge in [0.2, 0.25) is 0 Å². The maximum atomic E-state index is 10.3. The van der Waals surface area contributed by atoms with Gasteiger partial charge in [0.25, 0.3) is 0 Å². The van der Waals surface area contributed by atoms with Crippen molar-refractivity contribution in [1.82, 2.24) is 0 Å². The molecule has 2 rings (SSSR count). The molecule has 0 saturated heterocycles. The number of phenols is 1. The molecule has 4 nitrogen and oxygen atoms in total. The Morgan fingerprint density at radius 2 is 1.95 bits per heavy atom. The van der Waals surface area contributed by atoms with Crippen molar-refractivity contribution in [2.45, 2.75) is 64.7 Å². The fourth-order valence-electron chi connectivity index (χ4n) is 3.18. The SMILES string of the molecule is Cc1cccc(OC(N)C(O)CC2(C)CCCCC2)c1O. The van der Waals surface area contributed by atoms with Gasteiger partial charge in [-0.15, -0.1) is 0 Å². The Bertz CT molecular complexity index is 469. The third-order valence-electron chi connectivity index (χ3n) is 4.61. The van der Waals surface area contributed by atoms with Crippen LogP contribution in [-0.4, -0.2) is 22.5 Å². The molecule has 2 unspecified atom stereocenters. The highest BCUT2D eigenvalue weighted by Crippen LogP contribution is 2.40. The molecular weight excluding hydrogens is 266 g/mol. The molecule has 4 N–H and O–H groups in total. The molecule has 0 aliphatic heterocycles. The lowest BCUT2D eigenvalue weighted by Gasteiger charge is -2.36. The van der Waals surface area contributed by atoms with Crippen LogP contribution in [0.25, 0.3) is 0 Å². The number of para-hydroxylation sites is 1. The van der Waals surface area contributed by atoms with Crippen molar-refractivity contribution in [3.63, 3.8) is 0 Å². The zero-order valence-corrected chi connectivity index (χ0v) is 13.0. The molecule has 0 bridgehead atoms. The number of aromatic hydroxyl groups is 1. The molecule has 0 heterocycles. The first-order valence-corrected chi connectivity index (χ1v) is 7.80. The molecule has 2 atom stereocenters. The second-order valence-electron chi connectivity index (χ2n) is 6.65. The minimum atomic E-state index is -0.823. The molecule has 21 heavy (non-hydrogen) atoms. The molecule has 0 amide bonds. The van der Waals surface area contributed by atoms with Crippen LogP contribution < -0.4 is 10.5 Å². The Morgan fingerprint density at radius 3 is 2.62 bits per heavy atom. The molecule has 4 heteroatoms. The van der Waals surface area contributed by atoms with Crippen LogP contribution in [0.5, 0.6) is 11.5 Å². The average Bonchev–Trinajstić information content (AvgIpc) is 2.44. The summed E-state index contributed by atoms with van der Waals surface area (Å²) in [4.78, 5) is 0. The smallest absolute Gasteiger partial charge is 0.174 e. The van der Waals surface area contributed by atoms with E-state index >= 15 is 0 Å². The minimum Gasteiger partial charge on any atom is -0.504 e. The zero-order chi connectivity index (χ0) is 15.5. The van der Waals surface area contributed by atoms with Crippen LogP contribution in [0.3, 0.4) is 0 Å². The normalized spacial score (nSPS) is 20.8. The molecule has 1 saturated carbocycles. The monoisotopic (exact) mass is 293 g/mol. The van der Waals surface area contributed by atoms with E-state index in [0.717, 1.165) is 18.4 Å². The second kappa shape index (κ2) is 6.67. The second-order valence-corrected chi connectivity index (χ2v) is 6.65. The highest BCUT2D eigenvalue weighted by Gasteiger charge is 2.32. The van der Waals surface area contributed by atoms with E-state index in [4.69, 9.17) is 10.5 Å². The van der Waals surface area contributed by atoms with Gasteiger partial charge in [0.15, 0.2) is 17.7 Å². The van der Waals surface area contributed by atoms with E-state index in [-0.39, 0.29) is 11.2 Å². The third kappa shape index (κ3) is 4.11. The Hall–Kier alpha value is -1.26. The molecule has 118 valence electrons. The van der Waals surface area contributed by atoms with Gasteiger partial charge in [0, 0.05) is 0 Å². The first-order chi connectivity index (χ1) is 9.91. The molecule has 1 fully saturated rings. The number of hydrogen-bond donors (Lipinski definition) is 3. The zero-order valence-electron chi connectivity index (χ0n) is 13.0. The average molecular weight is 293 g/mol. The first-order valence-electron chi connectivity index (χ1n) is 7.80. The molecule has 0 aromatic heterocycles. The topological polar surface area (TPSA) is 75.7 Å². The van der Waals surface area contributed by atoms with Crippen LogP contribution in [0.2, 0.25) is 0 Å². The lowest BCUT2D eigenvalue weighted by atomic mass is 9.72. The summed E-state index contributed by atoms with van der Waals surface area (Å²) in [5.41, 5.74) is 6.84.